The van der Waals surface area contributed by atoms with Crippen molar-refractivity contribution < 1.29 is 14.4 Å². The van der Waals surface area contributed by atoms with Crippen LogP contribution in [0.5, 0.6) is 0 Å². The third-order valence-electron chi connectivity index (χ3n) is 4.70. The number of imide groups is 1. The Morgan fingerprint density at radius 2 is 2.07 bits per heavy atom. The number of thiophene rings is 1. The van der Waals surface area contributed by atoms with Gasteiger partial charge in [0.1, 0.15) is 6.54 Å². The summed E-state index contributed by atoms with van der Waals surface area (Å²) in [5.74, 6) is -0.714. The van der Waals surface area contributed by atoms with Gasteiger partial charge in [0.15, 0.2) is 0 Å². The molecule has 4 rings (SSSR count). The Hall–Kier alpha value is -2.38. The minimum Gasteiger partial charge on any atom is -0.348 e. The summed E-state index contributed by atoms with van der Waals surface area (Å²) < 4.78 is 0. The molecule has 2 aliphatic rings. The largest absolute Gasteiger partial charge is 0.348 e. The Morgan fingerprint density at radius 3 is 2.89 bits per heavy atom. The van der Waals surface area contributed by atoms with Gasteiger partial charge in [-0.05, 0) is 59.7 Å². The molecule has 2 aromatic rings. The normalized spacial score (nSPS) is 20.8. The number of nitrogens with one attached hydrogen (secondary N) is 1. The number of amides is 3. The van der Waals surface area contributed by atoms with Gasteiger partial charge in [-0.25, -0.2) is 0 Å². The number of benzene rings is 1. The maximum atomic E-state index is 12.5. The monoisotopic (exact) mass is 398 g/mol. The summed E-state index contributed by atoms with van der Waals surface area (Å²) in [6.07, 6.45) is 4.58. The van der Waals surface area contributed by atoms with E-state index in [0.717, 1.165) is 46.4 Å². The van der Waals surface area contributed by atoms with Gasteiger partial charge in [-0.15, -0.1) is 11.3 Å². The lowest BCUT2D eigenvalue weighted by molar-refractivity contribution is -0.129. The summed E-state index contributed by atoms with van der Waals surface area (Å²) in [5, 5.41) is 4.50. The first-order chi connectivity index (χ1) is 13.1. The Balaban J connectivity index is 1.43. The number of carbonyl (C=O) groups excluding carboxylic acids is 3. The van der Waals surface area contributed by atoms with E-state index in [1.807, 2.05) is 35.7 Å². The lowest BCUT2D eigenvalue weighted by Gasteiger charge is -2.27. The van der Waals surface area contributed by atoms with Crippen LogP contribution in [0.1, 0.15) is 34.9 Å². The van der Waals surface area contributed by atoms with Crippen LogP contribution in [0.2, 0.25) is 0 Å². The molecule has 0 saturated carbocycles. The van der Waals surface area contributed by atoms with Gasteiger partial charge in [-0.1, -0.05) is 30.3 Å². The lowest BCUT2D eigenvalue weighted by atomic mass is 9.88. The standard InChI is InChI=1S/C20H18N2O3S2/c23-18(21-16-9-3-6-13-5-1-2-8-15(13)16)12-22-19(24)17(27-20(22)25)11-14-7-4-10-26-14/h1-2,4-5,7-8,10-11,16H,3,6,9,12H2,(H,21,23)/b17-11-/t16-/m1/s1. The van der Waals surface area contributed by atoms with E-state index in [-0.39, 0.29) is 18.5 Å². The van der Waals surface area contributed by atoms with Crippen molar-refractivity contribution in [2.45, 2.75) is 25.3 Å². The van der Waals surface area contributed by atoms with Gasteiger partial charge < -0.3 is 5.32 Å². The summed E-state index contributed by atoms with van der Waals surface area (Å²) in [7, 11) is 0. The zero-order valence-corrected chi connectivity index (χ0v) is 16.1. The van der Waals surface area contributed by atoms with E-state index in [4.69, 9.17) is 0 Å². The molecule has 1 N–H and O–H groups in total. The smallest absolute Gasteiger partial charge is 0.294 e. The van der Waals surface area contributed by atoms with E-state index < -0.39 is 11.1 Å². The summed E-state index contributed by atoms with van der Waals surface area (Å²) in [6, 6.07) is 11.8. The molecule has 0 bridgehead atoms. The summed E-state index contributed by atoms with van der Waals surface area (Å²) in [6.45, 7) is -0.245. The summed E-state index contributed by atoms with van der Waals surface area (Å²) in [5.41, 5.74) is 2.38. The van der Waals surface area contributed by atoms with Crippen LogP contribution in [-0.4, -0.2) is 28.5 Å². The molecular weight excluding hydrogens is 380 g/mol. The quantitative estimate of drug-likeness (QED) is 0.791. The maximum Gasteiger partial charge on any atom is 0.294 e. The minimum absolute atomic E-state index is 0.0657. The molecule has 1 aliphatic heterocycles. The molecule has 1 fully saturated rings. The lowest BCUT2D eigenvalue weighted by Crippen LogP contribution is -2.41. The highest BCUT2D eigenvalue weighted by atomic mass is 32.2. The highest BCUT2D eigenvalue weighted by molar-refractivity contribution is 8.18. The fourth-order valence-corrected chi connectivity index (χ4v) is 4.99. The number of hydrogen-bond acceptors (Lipinski definition) is 5. The fraction of sp³-hybridized carbons (Fsp3) is 0.250. The number of fused-ring (bicyclic) bond motifs is 1. The average molecular weight is 399 g/mol. The van der Waals surface area contributed by atoms with E-state index in [1.54, 1.807) is 6.08 Å². The molecule has 1 aromatic carbocycles. The number of carbonyl (C=O) groups is 3. The molecule has 1 atom stereocenters. The van der Waals surface area contributed by atoms with Crippen molar-refractivity contribution in [1.82, 2.24) is 10.2 Å². The molecule has 2 heterocycles. The van der Waals surface area contributed by atoms with E-state index >= 15 is 0 Å². The van der Waals surface area contributed by atoms with Crippen LogP contribution >= 0.6 is 23.1 Å². The predicted molar refractivity (Wildman–Crippen MR) is 107 cm³/mol. The molecule has 0 radical (unpaired) electrons. The first-order valence-electron chi connectivity index (χ1n) is 8.78. The topological polar surface area (TPSA) is 66.5 Å². The number of rotatable bonds is 4. The molecule has 1 saturated heterocycles. The SMILES string of the molecule is O=C(CN1C(=O)S/C(=C\c2cccs2)C1=O)N[C@@H]1CCCc2ccccc21. The highest BCUT2D eigenvalue weighted by Gasteiger charge is 2.36. The molecule has 1 aromatic heterocycles. The highest BCUT2D eigenvalue weighted by Crippen LogP contribution is 2.33. The van der Waals surface area contributed by atoms with Gasteiger partial charge in [0.25, 0.3) is 11.1 Å². The third kappa shape index (κ3) is 3.84. The molecule has 0 spiro atoms. The van der Waals surface area contributed by atoms with Gasteiger partial charge in [-0.3, -0.25) is 19.3 Å². The summed E-state index contributed by atoms with van der Waals surface area (Å²) in [4.78, 5) is 39.5. The number of nitrogens with zero attached hydrogens (tertiary/aromatic N) is 1. The van der Waals surface area contributed by atoms with Crippen molar-refractivity contribution in [1.29, 1.82) is 0 Å². The van der Waals surface area contributed by atoms with E-state index in [2.05, 4.69) is 11.4 Å². The van der Waals surface area contributed by atoms with Gasteiger partial charge in [-0.2, -0.15) is 0 Å². The summed E-state index contributed by atoms with van der Waals surface area (Å²) >= 11 is 2.38. The Bertz CT molecular complexity index is 921. The van der Waals surface area contributed by atoms with Crippen molar-refractivity contribution in [3.05, 3.63) is 62.7 Å². The maximum absolute atomic E-state index is 12.5. The van der Waals surface area contributed by atoms with E-state index in [1.165, 1.54) is 16.9 Å². The second kappa shape index (κ2) is 7.70. The van der Waals surface area contributed by atoms with Crippen LogP contribution in [0.15, 0.2) is 46.7 Å². The predicted octanol–water partition coefficient (Wildman–Crippen LogP) is 3.98. The van der Waals surface area contributed by atoms with E-state index in [0.29, 0.717) is 4.91 Å². The van der Waals surface area contributed by atoms with Gasteiger partial charge in [0.05, 0.1) is 10.9 Å². The van der Waals surface area contributed by atoms with Crippen molar-refractivity contribution in [2.24, 2.45) is 0 Å². The van der Waals surface area contributed by atoms with Gasteiger partial charge in [0.2, 0.25) is 5.91 Å². The fourth-order valence-electron chi connectivity index (χ4n) is 3.43. The molecule has 0 unspecified atom stereocenters. The van der Waals surface area contributed by atoms with Gasteiger partial charge in [0, 0.05) is 4.88 Å². The van der Waals surface area contributed by atoms with E-state index in [9.17, 15) is 14.4 Å². The molecule has 5 nitrogen and oxygen atoms in total. The van der Waals surface area contributed by atoms with Crippen molar-refractivity contribution in [3.63, 3.8) is 0 Å². The first-order valence-corrected chi connectivity index (χ1v) is 10.5. The molecular formula is C20H18N2O3S2. The zero-order valence-electron chi connectivity index (χ0n) is 14.5. The van der Waals surface area contributed by atoms with Crippen molar-refractivity contribution >= 4 is 46.2 Å². The van der Waals surface area contributed by atoms with Gasteiger partial charge >= 0.3 is 0 Å². The third-order valence-corrected chi connectivity index (χ3v) is 6.42. The second-order valence-corrected chi connectivity index (χ2v) is 8.47. The molecule has 27 heavy (non-hydrogen) atoms. The molecule has 1 aliphatic carbocycles. The van der Waals surface area contributed by atoms with Crippen LogP contribution < -0.4 is 5.32 Å². The van der Waals surface area contributed by atoms with Crippen LogP contribution in [0.25, 0.3) is 6.08 Å². The van der Waals surface area contributed by atoms with Crippen LogP contribution in [0, 0.1) is 0 Å². The van der Waals surface area contributed by atoms with Crippen LogP contribution in [-0.2, 0) is 16.0 Å². The average Bonchev–Trinajstić information content (AvgIpc) is 3.26. The number of hydrogen-bond donors (Lipinski definition) is 1. The van der Waals surface area contributed by atoms with Crippen LogP contribution in [0.3, 0.4) is 0 Å². The second-order valence-electron chi connectivity index (χ2n) is 6.49. The van der Waals surface area contributed by atoms with Crippen molar-refractivity contribution in [2.75, 3.05) is 6.54 Å². The molecule has 7 heteroatoms. The Kier molecular flexibility index (Phi) is 5.13. The van der Waals surface area contributed by atoms with Crippen LogP contribution in [0.4, 0.5) is 4.79 Å². The van der Waals surface area contributed by atoms with Crippen molar-refractivity contribution in [3.8, 4) is 0 Å². The zero-order chi connectivity index (χ0) is 18.8. The number of aryl methyl sites for hydroxylation is 1. The minimum atomic E-state index is -0.405. The Labute approximate surface area is 165 Å². The first kappa shape index (κ1) is 18.0. The number of thioether (sulfide) groups is 1. The molecule has 138 valence electrons. The molecule has 3 amide bonds. The Morgan fingerprint density at radius 1 is 1.22 bits per heavy atom.